The van der Waals surface area contributed by atoms with Gasteiger partial charge in [-0.05, 0) is 61.9 Å². The Bertz CT molecular complexity index is 789. The second-order valence-electron chi connectivity index (χ2n) is 7.60. The molecule has 5 heteroatoms. The van der Waals surface area contributed by atoms with Crippen LogP contribution in [0.25, 0.3) is 0 Å². The zero-order chi connectivity index (χ0) is 18.9. The van der Waals surface area contributed by atoms with E-state index in [0.29, 0.717) is 0 Å². The first-order valence-electron chi connectivity index (χ1n) is 9.60. The molecule has 1 N–H and O–H groups in total. The zero-order valence-electron chi connectivity index (χ0n) is 16.1. The van der Waals surface area contributed by atoms with Crippen LogP contribution in [0.5, 0.6) is 5.75 Å². The van der Waals surface area contributed by atoms with Gasteiger partial charge >= 0.3 is 0 Å². The summed E-state index contributed by atoms with van der Waals surface area (Å²) in [5.41, 5.74) is 2.76. The van der Waals surface area contributed by atoms with E-state index >= 15 is 0 Å². The maximum Gasteiger partial charge on any atom is 0.235 e. The van der Waals surface area contributed by atoms with Crippen LogP contribution in [-0.4, -0.2) is 51.1 Å². The molecule has 0 radical (unpaired) electrons. The molecule has 0 unspecified atom stereocenters. The molecule has 0 spiro atoms. The molecule has 0 bridgehead atoms. The van der Waals surface area contributed by atoms with Gasteiger partial charge in [0.15, 0.2) is 0 Å². The molecule has 142 valence electrons. The summed E-state index contributed by atoms with van der Waals surface area (Å²) in [5.74, 6) is 0.898. The maximum absolute atomic E-state index is 12.9. The molecule has 2 aromatic carbocycles. The van der Waals surface area contributed by atoms with Crippen LogP contribution in [0, 0.1) is 0 Å². The van der Waals surface area contributed by atoms with E-state index < -0.39 is 0 Å². The van der Waals surface area contributed by atoms with Crippen molar-refractivity contribution >= 4 is 17.3 Å². The van der Waals surface area contributed by atoms with Crippen molar-refractivity contribution < 1.29 is 9.53 Å². The lowest BCUT2D eigenvalue weighted by molar-refractivity contribution is -0.118. The minimum atomic E-state index is -0.387. The zero-order valence-corrected chi connectivity index (χ0v) is 16.1. The Morgan fingerprint density at radius 2 is 1.59 bits per heavy atom. The summed E-state index contributed by atoms with van der Waals surface area (Å²) in [5, 5.41) is 3.11. The first kappa shape index (κ1) is 17.9. The number of methoxy groups -OCH3 is 1. The number of hydrogen-bond donors (Lipinski definition) is 1. The van der Waals surface area contributed by atoms with E-state index in [1.165, 1.54) is 5.69 Å². The molecule has 4 rings (SSSR count). The lowest BCUT2D eigenvalue weighted by Gasteiger charge is -2.34. The van der Waals surface area contributed by atoms with Crippen LogP contribution >= 0.6 is 0 Å². The lowest BCUT2D eigenvalue weighted by Crippen LogP contribution is -2.44. The molecule has 1 heterocycles. The van der Waals surface area contributed by atoms with Gasteiger partial charge in [-0.25, -0.2) is 0 Å². The summed E-state index contributed by atoms with van der Waals surface area (Å²) in [4.78, 5) is 17.7. The van der Waals surface area contributed by atoms with Crippen LogP contribution in [0.2, 0.25) is 0 Å². The highest BCUT2D eigenvalue weighted by molar-refractivity contribution is 6.01. The Morgan fingerprint density at radius 1 is 0.963 bits per heavy atom. The van der Waals surface area contributed by atoms with Gasteiger partial charge in [0, 0.05) is 37.6 Å². The number of rotatable bonds is 5. The standard InChI is InChI=1S/C22H27N3O2/c1-24-13-15-25(16-14-24)19-7-5-18(6-8-19)23-21(26)22(11-12-22)17-3-9-20(27-2)10-4-17/h3-10H,11-16H2,1-2H3,(H,23,26). The van der Waals surface area contributed by atoms with Crippen LogP contribution in [0.3, 0.4) is 0 Å². The number of ether oxygens (including phenoxy) is 1. The first-order valence-corrected chi connectivity index (χ1v) is 9.60. The average molecular weight is 365 g/mol. The number of benzene rings is 2. The third-order valence-electron chi connectivity index (χ3n) is 5.82. The van der Waals surface area contributed by atoms with Crippen molar-refractivity contribution in [1.82, 2.24) is 4.90 Å². The number of likely N-dealkylation sites (N-methyl/N-ethyl adjacent to an activating group) is 1. The second-order valence-corrected chi connectivity index (χ2v) is 7.60. The van der Waals surface area contributed by atoms with E-state index in [0.717, 1.165) is 56.0 Å². The SMILES string of the molecule is COc1ccc(C2(C(=O)Nc3ccc(N4CCN(C)CC4)cc3)CC2)cc1. The molecule has 1 aliphatic heterocycles. The number of nitrogens with zero attached hydrogens (tertiary/aromatic N) is 2. The van der Waals surface area contributed by atoms with Crippen molar-refractivity contribution in [2.45, 2.75) is 18.3 Å². The van der Waals surface area contributed by atoms with Crippen LogP contribution in [0.4, 0.5) is 11.4 Å². The van der Waals surface area contributed by atoms with Crippen LogP contribution in [-0.2, 0) is 10.2 Å². The highest BCUT2D eigenvalue weighted by atomic mass is 16.5. The minimum Gasteiger partial charge on any atom is -0.497 e. The van der Waals surface area contributed by atoms with Crippen molar-refractivity contribution in [3.8, 4) is 5.75 Å². The van der Waals surface area contributed by atoms with Gasteiger partial charge in [0.25, 0.3) is 0 Å². The summed E-state index contributed by atoms with van der Waals surface area (Å²) < 4.78 is 5.22. The summed E-state index contributed by atoms with van der Waals surface area (Å²) in [6, 6.07) is 16.1. The third-order valence-corrected chi connectivity index (χ3v) is 5.82. The Balaban J connectivity index is 1.42. The highest BCUT2D eigenvalue weighted by Gasteiger charge is 2.51. The van der Waals surface area contributed by atoms with E-state index in [1.54, 1.807) is 7.11 Å². The Hall–Kier alpha value is -2.53. The Labute approximate surface area is 160 Å². The second kappa shape index (κ2) is 7.24. The maximum atomic E-state index is 12.9. The third kappa shape index (κ3) is 3.65. The van der Waals surface area contributed by atoms with E-state index in [-0.39, 0.29) is 11.3 Å². The van der Waals surface area contributed by atoms with Gasteiger partial charge < -0.3 is 19.9 Å². The average Bonchev–Trinajstić information content (AvgIpc) is 3.51. The molecule has 5 nitrogen and oxygen atoms in total. The molecule has 1 saturated carbocycles. The van der Waals surface area contributed by atoms with Crippen molar-refractivity contribution in [2.24, 2.45) is 0 Å². The van der Waals surface area contributed by atoms with Gasteiger partial charge in [-0.2, -0.15) is 0 Å². The fraction of sp³-hybridized carbons (Fsp3) is 0.409. The normalized spacial score (nSPS) is 18.8. The number of carbonyl (C=O) groups excluding carboxylic acids is 1. The first-order chi connectivity index (χ1) is 13.1. The van der Waals surface area contributed by atoms with Gasteiger partial charge in [0.05, 0.1) is 12.5 Å². The van der Waals surface area contributed by atoms with Crippen molar-refractivity contribution in [3.63, 3.8) is 0 Å². The van der Waals surface area contributed by atoms with Gasteiger partial charge in [-0.1, -0.05) is 12.1 Å². The summed E-state index contributed by atoms with van der Waals surface area (Å²) in [7, 11) is 3.81. The number of hydrogen-bond acceptors (Lipinski definition) is 4. The fourth-order valence-corrected chi connectivity index (χ4v) is 3.75. The molecular weight excluding hydrogens is 338 g/mol. The summed E-state index contributed by atoms with van der Waals surface area (Å²) in [6.45, 7) is 4.26. The number of carbonyl (C=O) groups is 1. The highest BCUT2D eigenvalue weighted by Crippen LogP contribution is 2.49. The van der Waals surface area contributed by atoms with Gasteiger partial charge in [-0.15, -0.1) is 0 Å². The molecule has 1 saturated heterocycles. The lowest BCUT2D eigenvalue weighted by atomic mass is 9.95. The largest absolute Gasteiger partial charge is 0.497 e. The number of amides is 1. The molecule has 2 aliphatic rings. The van der Waals surface area contributed by atoms with Gasteiger partial charge in [0.2, 0.25) is 5.91 Å². The monoisotopic (exact) mass is 365 g/mol. The molecule has 2 fully saturated rings. The quantitative estimate of drug-likeness (QED) is 0.884. The van der Waals surface area contributed by atoms with Gasteiger partial charge in [0.1, 0.15) is 5.75 Å². The van der Waals surface area contributed by atoms with Crippen LogP contribution in [0.15, 0.2) is 48.5 Å². The van der Waals surface area contributed by atoms with E-state index in [9.17, 15) is 4.79 Å². The molecule has 0 aromatic heterocycles. The summed E-state index contributed by atoms with van der Waals surface area (Å²) in [6.07, 6.45) is 1.79. The fourth-order valence-electron chi connectivity index (χ4n) is 3.75. The molecule has 1 amide bonds. The predicted octanol–water partition coefficient (Wildman–Crippen LogP) is 3.12. The topological polar surface area (TPSA) is 44.8 Å². The van der Waals surface area contributed by atoms with Crippen molar-refractivity contribution in [1.29, 1.82) is 0 Å². The number of nitrogens with one attached hydrogen (secondary N) is 1. The minimum absolute atomic E-state index is 0.0833. The van der Waals surface area contributed by atoms with E-state index in [4.69, 9.17) is 4.74 Å². The van der Waals surface area contributed by atoms with E-state index in [2.05, 4.69) is 34.3 Å². The van der Waals surface area contributed by atoms with Gasteiger partial charge in [-0.3, -0.25) is 4.79 Å². The smallest absolute Gasteiger partial charge is 0.235 e. The number of piperazine rings is 1. The number of anilines is 2. The molecular formula is C22H27N3O2. The van der Waals surface area contributed by atoms with Crippen LogP contribution in [0.1, 0.15) is 18.4 Å². The van der Waals surface area contributed by atoms with Crippen molar-refractivity contribution in [2.75, 3.05) is 50.6 Å². The Morgan fingerprint density at radius 3 is 2.15 bits per heavy atom. The molecule has 2 aromatic rings. The van der Waals surface area contributed by atoms with Crippen molar-refractivity contribution in [3.05, 3.63) is 54.1 Å². The van der Waals surface area contributed by atoms with Crippen LogP contribution < -0.4 is 15.0 Å². The molecule has 27 heavy (non-hydrogen) atoms. The molecule has 0 atom stereocenters. The Kier molecular flexibility index (Phi) is 4.79. The molecule has 1 aliphatic carbocycles. The predicted molar refractivity (Wildman–Crippen MR) is 109 cm³/mol. The summed E-state index contributed by atoms with van der Waals surface area (Å²) >= 11 is 0. The van der Waals surface area contributed by atoms with E-state index in [1.807, 2.05) is 36.4 Å².